The molecule has 2 saturated heterocycles. The monoisotopic (exact) mass is 191 g/mol. The van der Waals surface area contributed by atoms with E-state index in [-0.39, 0.29) is 13.2 Å². The smallest absolute Gasteiger partial charge is 0.107 e. The van der Waals surface area contributed by atoms with Crippen molar-refractivity contribution in [2.24, 2.45) is 0 Å². The molecule has 0 unspecified atom stereocenters. The summed E-state index contributed by atoms with van der Waals surface area (Å²) < 4.78 is 0. The zero-order chi connectivity index (χ0) is 9.59. The number of hydrogen-bond acceptors (Lipinski definition) is 6. The summed E-state index contributed by atoms with van der Waals surface area (Å²) in [4.78, 5) is 5.03. The van der Waals surface area contributed by atoms with Crippen LogP contribution in [0.15, 0.2) is 0 Å². The Morgan fingerprint density at radius 2 is 1.62 bits per heavy atom. The predicted octanol–water partition coefficient (Wildman–Crippen LogP) is -2.94. The molecule has 2 aliphatic rings. The molecule has 6 nitrogen and oxygen atoms in total. The Bertz CT molecular complexity index is 199. The van der Waals surface area contributed by atoms with Crippen LogP contribution in [0.5, 0.6) is 0 Å². The third-order valence-corrected chi connectivity index (χ3v) is 2.60. The summed E-state index contributed by atoms with van der Waals surface area (Å²) in [5, 5.41) is 38.8. The maximum Gasteiger partial charge on any atom is 0.107 e. The van der Waals surface area contributed by atoms with Gasteiger partial charge in [0.2, 0.25) is 0 Å². The van der Waals surface area contributed by atoms with Crippen molar-refractivity contribution in [1.29, 1.82) is 0 Å². The number of fused-ring (bicyclic) bond motifs is 1. The highest BCUT2D eigenvalue weighted by Gasteiger charge is 2.49. The quantitative estimate of drug-likeness (QED) is 0.327. The van der Waals surface area contributed by atoms with Crippen molar-refractivity contribution in [3.63, 3.8) is 0 Å². The van der Waals surface area contributed by atoms with Crippen LogP contribution < -0.4 is 0 Å². The summed E-state index contributed by atoms with van der Waals surface area (Å²) in [6.07, 6.45) is -4.06. The van der Waals surface area contributed by atoms with Crippen molar-refractivity contribution in [2.45, 2.75) is 30.5 Å². The zero-order valence-corrected chi connectivity index (χ0v) is 6.95. The van der Waals surface area contributed by atoms with E-state index in [1.54, 1.807) is 0 Å². The van der Waals surface area contributed by atoms with E-state index in [0.29, 0.717) is 0 Å². The minimum Gasteiger partial charge on any atom is -0.389 e. The Hall–Kier alpha value is -0.240. The van der Waals surface area contributed by atoms with Crippen LogP contribution in [0.25, 0.3) is 0 Å². The molecule has 13 heavy (non-hydrogen) atoms. The second-order valence-electron chi connectivity index (χ2n) is 3.50. The minimum atomic E-state index is -1.07. The van der Waals surface area contributed by atoms with Gasteiger partial charge in [-0.2, -0.15) is 5.06 Å². The zero-order valence-electron chi connectivity index (χ0n) is 6.95. The summed E-state index contributed by atoms with van der Waals surface area (Å²) in [6.45, 7) is 0.159. The lowest BCUT2D eigenvalue weighted by Gasteiger charge is -2.36. The molecule has 6 heteroatoms. The third kappa shape index (κ3) is 1.35. The summed E-state index contributed by atoms with van der Waals surface area (Å²) in [7, 11) is 0. The van der Waals surface area contributed by atoms with Gasteiger partial charge in [0.25, 0.3) is 0 Å². The van der Waals surface area contributed by atoms with Gasteiger partial charge in [0, 0.05) is 0 Å². The van der Waals surface area contributed by atoms with Crippen LogP contribution >= 0.6 is 0 Å². The second-order valence-corrected chi connectivity index (χ2v) is 3.50. The topological polar surface area (TPSA) is 93.4 Å². The first-order chi connectivity index (χ1) is 6.11. The molecule has 0 amide bonds. The largest absolute Gasteiger partial charge is 0.389 e. The number of nitrogens with zero attached hydrogens (tertiary/aromatic N) is 1. The first-order valence-corrected chi connectivity index (χ1v) is 4.23. The molecule has 0 radical (unpaired) electrons. The van der Waals surface area contributed by atoms with Crippen molar-refractivity contribution >= 4 is 0 Å². The predicted molar refractivity (Wildman–Crippen MR) is 40.5 cm³/mol. The maximum absolute atomic E-state index is 9.49. The van der Waals surface area contributed by atoms with Crippen molar-refractivity contribution < 1.29 is 25.3 Å². The number of aliphatic hydroxyl groups excluding tert-OH is 4. The molecule has 4 N–H and O–H groups in total. The fraction of sp³-hybridized carbons (Fsp3) is 1.00. The van der Waals surface area contributed by atoms with E-state index in [0.717, 1.165) is 0 Å². The average molecular weight is 191 g/mol. The van der Waals surface area contributed by atoms with E-state index in [9.17, 15) is 20.4 Å². The molecule has 0 aromatic carbocycles. The lowest BCUT2D eigenvalue weighted by molar-refractivity contribution is -0.265. The van der Waals surface area contributed by atoms with E-state index in [4.69, 9.17) is 4.84 Å². The fourth-order valence-electron chi connectivity index (χ4n) is 1.82. The third-order valence-electron chi connectivity index (χ3n) is 2.60. The Kier molecular flexibility index (Phi) is 2.26. The van der Waals surface area contributed by atoms with Gasteiger partial charge in [0.15, 0.2) is 0 Å². The Balaban J connectivity index is 2.14. The van der Waals surface area contributed by atoms with E-state index < -0.39 is 30.5 Å². The highest BCUT2D eigenvalue weighted by Crippen LogP contribution is 2.26. The molecule has 76 valence electrons. The van der Waals surface area contributed by atoms with Crippen molar-refractivity contribution in [2.75, 3.05) is 13.2 Å². The molecule has 0 bridgehead atoms. The van der Waals surface area contributed by atoms with E-state index in [2.05, 4.69) is 0 Å². The molecule has 2 rings (SSSR count). The van der Waals surface area contributed by atoms with Gasteiger partial charge >= 0.3 is 0 Å². The molecule has 0 saturated carbocycles. The van der Waals surface area contributed by atoms with Crippen molar-refractivity contribution in [3.05, 3.63) is 0 Å². The molecule has 0 spiro atoms. The number of hydroxylamine groups is 2. The van der Waals surface area contributed by atoms with Gasteiger partial charge in [-0.1, -0.05) is 0 Å². The van der Waals surface area contributed by atoms with E-state index in [1.165, 1.54) is 5.06 Å². The van der Waals surface area contributed by atoms with E-state index in [1.807, 2.05) is 0 Å². The lowest BCUT2D eigenvalue weighted by Crippen LogP contribution is -2.56. The van der Waals surface area contributed by atoms with Crippen LogP contribution in [-0.2, 0) is 4.84 Å². The molecule has 5 atom stereocenters. The highest BCUT2D eigenvalue weighted by atomic mass is 16.7. The van der Waals surface area contributed by atoms with Crippen LogP contribution in [0.4, 0.5) is 0 Å². The SMILES string of the molecule is O[C@@H]1[C@@H]2[C@@H](O)[C@@H](O)CN2OC[C@H]1O. The molecule has 2 aliphatic heterocycles. The maximum atomic E-state index is 9.49. The van der Waals surface area contributed by atoms with Crippen LogP contribution in [0.3, 0.4) is 0 Å². The van der Waals surface area contributed by atoms with Crippen LogP contribution in [0, 0.1) is 0 Å². The van der Waals surface area contributed by atoms with Gasteiger partial charge in [0.1, 0.15) is 18.3 Å². The summed E-state index contributed by atoms with van der Waals surface area (Å²) in [5.41, 5.74) is 0. The van der Waals surface area contributed by atoms with Gasteiger partial charge in [-0.3, -0.25) is 4.84 Å². The van der Waals surface area contributed by atoms with Gasteiger partial charge in [-0.15, -0.1) is 0 Å². The van der Waals surface area contributed by atoms with Crippen molar-refractivity contribution in [3.8, 4) is 0 Å². The number of aliphatic hydroxyl groups is 4. The first kappa shape index (κ1) is 9.32. The van der Waals surface area contributed by atoms with Crippen LogP contribution in [0.2, 0.25) is 0 Å². The van der Waals surface area contributed by atoms with Gasteiger partial charge in [0.05, 0.1) is 25.3 Å². The summed E-state index contributed by atoms with van der Waals surface area (Å²) in [6, 6.07) is -0.723. The summed E-state index contributed by atoms with van der Waals surface area (Å²) in [5.74, 6) is 0. The normalized spacial score (nSPS) is 52.2. The van der Waals surface area contributed by atoms with Gasteiger partial charge in [-0.25, -0.2) is 0 Å². The molecule has 0 aromatic rings. The highest BCUT2D eigenvalue weighted by molar-refractivity contribution is 4.98. The fourth-order valence-corrected chi connectivity index (χ4v) is 1.82. The molecular weight excluding hydrogens is 178 g/mol. The van der Waals surface area contributed by atoms with Crippen molar-refractivity contribution in [1.82, 2.24) is 5.06 Å². The Morgan fingerprint density at radius 1 is 1.00 bits per heavy atom. The Morgan fingerprint density at radius 3 is 2.31 bits per heavy atom. The average Bonchev–Trinajstić information content (AvgIpc) is 2.37. The minimum absolute atomic E-state index is 0.00287. The standard InChI is InChI=1S/C7H13NO5/c9-3-1-8-5(6(3)11)7(12)4(10)2-13-8/h3-7,9-12H,1-2H2/t3-,4+,5-,6-,7-/m0/s1. The van der Waals surface area contributed by atoms with Crippen LogP contribution in [-0.4, -0.2) is 69.1 Å². The van der Waals surface area contributed by atoms with Gasteiger partial charge < -0.3 is 20.4 Å². The Labute approximate surface area is 74.9 Å². The number of hydrogen-bond donors (Lipinski definition) is 4. The summed E-state index contributed by atoms with van der Waals surface area (Å²) >= 11 is 0. The van der Waals surface area contributed by atoms with E-state index >= 15 is 0 Å². The first-order valence-electron chi connectivity index (χ1n) is 4.23. The molecule has 0 aliphatic carbocycles. The number of rotatable bonds is 0. The van der Waals surface area contributed by atoms with Crippen LogP contribution in [0.1, 0.15) is 0 Å². The molecular formula is C7H13NO5. The lowest BCUT2D eigenvalue weighted by atomic mass is 10.0. The molecule has 0 aromatic heterocycles. The second kappa shape index (κ2) is 3.16. The molecule has 2 fully saturated rings. The molecule has 2 heterocycles. The van der Waals surface area contributed by atoms with Gasteiger partial charge in [-0.05, 0) is 0 Å².